The van der Waals surface area contributed by atoms with Crippen molar-refractivity contribution in [2.24, 2.45) is 10.7 Å². The first-order valence-corrected chi connectivity index (χ1v) is 8.57. The van der Waals surface area contributed by atoms with E-state index < -0.39 is 0 Å². The van der Waals surface area contributed by atoms with Gasteiger partial charge in [0.05, 0.1) is 12.1 Å². The van der Waals surface area contributed by atoms with E-state index in [2.05, 4.69) is 21.7 Å². The van der Waals surface area contributed by atoms with Crippen molar-refractivity contribution < 1.29 is 0 Å². The lowest BCUT2D eigenvalue weighted by Crippen LogP contribution is -2.60. The van der Waals surface area contributed by atoms with Gasteiger partial charge >= 0.3 is 0 Å². The zero-order chi connectivity index (χ0) is 14.0. The Labute approximate surface area is 123 Å². The zero-order valence-electron chi connectivity index (χ0n) is 13.0. The number of hydrogen-bond acceptors (Lipinski definition) is 4. The number of likely N-dealkylation sites (tertiary alicyclic amines) is 1. The summed E-state index contributed by atoms with van der Waals surface area (Å²) >= 11 is 0. The third-order valence-corrected chi connectivity index (χ3v) is 5.72. The molecule has 4 nitrogen and oxygen atoms in total. The molecule has 20 heavy (non-hydrogen) atoms. The smallest absolute Gasteiger partial charge is 0.192 e. The first kappa shape index (κ1) is 14.2. The van der Waals surface area contributed by atoms with Crippen molar-refractivity contribution in [3.63, 3.8) is 0 Å². The molecule has 0 aromatic rings. The van der Waals surface area contributed by atoms with Crippen molar-refractivity contribution in [3.05, 3.63) is 0 Å². The van der Waals surface area contributed by atoms with Gasteiger partial charge in [-0.3, -0.25) is 4.99 Å². The van der Waals surface area contributed by atoms with Gasteiger partial charge in [0.25, 0.3) is 0 Å². The highest BCUT2D eigenvalue weighted by atomic mass is 15.4. The minimum absolute atomic E-state index is 0.255. The van der Waals surface area contributed by atoms with E-state index in [-0.39, 0.29) is 5.54 Å². The molecule has 2 aliphatic heterocycles. The van der Waals surface area contributed by atoms with Gasteiger partial charge in [0.15, 0.2) is 5.96 Å². The van der Waals surface area contributed by atoms with Crippen LogP contribution < -0.4 is 5.73 Å². The fourth-order valence-electron chi connectivity index (χ4n) is 4.40. The monoisotopic (exact) mass is 278 g/mol. The first-order valence-electron chi connectivity index (χ1n) is 8.57. The molecule has 0 unspecified atom stereocenters. The normalized spacial score (nSPS) is 28.6. The summed E-state index contributed by atoms with van der Waals surface area (Å²) < 4.78 is 0. The van der Waals surface area contributed by atoms with Crippen LogP contribution in [0.15, 0.2) is 4.99 Å². The van der Waals surface area contributed by atoms with Gasteiger partial charge in [0, 0.05) is 19.1 Å². The highest BCUT2D eigenvalue weighted by molar-refractivity contribution is 5.81. The van der Waals surface area contributed by atoms with E-state index in [1.54, 1.807) is 0 Å². The van der Waals surface area contributed by atoms with E-state index in [1.807, 2.05) is 0 Å². The molecule has 2 fully saturated rings. The molecule has 1 saturated heterocycles. The van der Waals surface area contributed by atoms with E-state index in [1.165, 1.54) is 71.0 Å². The van der Waals surface area contributed by atoms with Gasteiger partial charge in [-0.25, -0.2) is 0 Å². The van der Waals surface area contributed by atoms with Crippen molar-refractivity contribution in [1.29, 1.82) is 0 Å². The van der Waals surface area contributed by atoms with Crippen LogP contribution >= 0.6 is 0 Å². The van der Waals surface area contributed by atoms with Crippen LogP contribution in [0.5, 0.6) is 0 Å². The van der Waals surface area contributed by atoms with Gasteiger partial charge < -0.3 is 15.5 Å². The van der Waals surface area contributed by atoms with Gasteiger partial charge in [0.1, 0.15) is 0 Å². The Kier molecular flexibility index (Phi) is 4.20. The summed E-state index contributed by atoms with van der Waals surface area (Å²) in [6.45, 7) is 6.80. The number of guanidine groups is 1. The lowest BCUT2D eigenvalue weighted by atomic mass is 9.84. The molecule has 3 aliphatic rings. The number of aliphatic imine (C=N–C) groups is 1. The standard InChI is InChI=1S/C16H30N4/c1-2-19-11-9-16(10-12-19)13-18-15(17)20(16)14-7-5-3-4-6-8-14/h14H,2-13H2,1H3,(H2,17,18). The molecule has 0 radical (unpaired) electrons. The molecule has 3 rings (SSSR count). The Balaban J connectivity index is 1.74. The topological polar surface area (TPSA) is 44.9 Å². The molecule has 0 aromatic heterocycles. The Bertz CT molecular complexity index is 349. The minimum atomic E-state index is 0.255. The van der Waals surface area contributed by atoms with Crippen LogP contribution in [0, 0.1) is 0 Å². The molecule has 0 amide bonds. The van der Waals surface area contributed by atoms with Crippen LogP contribution in [0.1, 0.15) is 58.3 Å². The maximum atomic E-state index is 6.30. The molecule has 2 N–H and O–H groups in total. The van der Waals surface area contributed by atoms with E-state index >= 15 is 0 Å². The SMILES string of the molecule is CCN1CCC2(CC1)CN=C(N)N2C1CCCCCC1. The molecule has 1 saturated carbocycles. The van der Waals surface area contributed by atoms with Crippen LogP contribution in [0.25, 0.3) is 0 Å². The lowest BCUT2D eigenvalue weighted by molar-refractivity contribution is 0.0588. The van der Waals surface area contributed by atoms with Gasteiger partial charge in [-0.1, -0.05) is 32.6 Å². The Morgan fingerprint density at radius 3 is 2.40 bits per heavy atom. The highest BCUT2D eigenvalue weighted by Gasteiger charge is 2.46. The van der Waals surface area contributed by atoms with Crippen molar-refractivity contribution in [1.82, 2.24) is 9.80 Å². The molecule has 0 aromatic carbocycles. The van der Waals surface area contributed by atoms with Crippen molar-refractivity contribution in [3.8, 4) is 0 Å². The second-order valence-electron chi connectivity index (χ2n) is 6.85. The van der Waals surface area contributed by atoms with Crippen molar-refractivity contribution >= 4 is 5.96 Å². The van der Waals surface area contributed by atoms with E-state index in [4.69, 9.17) is 5.73 Å². The number of rotatable bonds is 2. The van der Waals surface area contributed by atoms with Gasteiger partial charge in [0.2, 0.25) is 0 Å². The summed E-state index contributed by atoms with van der Waals surface area (Å²) in [7, 11) is 0. The molecule has 0 atom stereocenters. The molecule has 1 spiro atoms. The molecule has 4 heteroatoms. The Morgan fingerprint density at radius 2 is 1.80 bits per heavy atom. The minimum Gasteiger partial charge on any atom is -0.370 e. The maximum absolute atomic E-state index is 6.30. The quantitative estimate of drug-likeness (QED) is 0.788. The molecule has 0 bridgehead atoms. The van der Waals surface area contributed by atoms with E-state index in [9.17, 15) is 0 Å². The number of hydrogen-bond donors (Lipinski definition) is 1. The van der Waals surface area contributed by atoms with Crippen LogP contribution in [-0.2, 0) is 0 Å². The van der Waals surface area contributed by atoms with Crippen LogP contribution in [-0.4, -0.2) is 53.5 Å². The van der Waals surface area contributed by atoms with Crippen LogP contribution in [0.2, 0.25) is 0 Å². The predicted molar refractivity (Wildman–Crippen MR) is 83.9 cm³/mol. The third-order valence-electron chi connectivity index (χ3n) is 5.72. The molecular weight excluding hydrogens is 248 g/mol. The van der Waals surface area contributed by atoms with E-state index in [0.29, 0.717) is 6.04 Å². The summed E-state index contributed by atoms with van der Waals surface area (Å²) in [5.74, 6) is 0.835. The van der Waals surface area contributed by atoms with E-state index in [0.717, 1.165) is 12.5 Å². The van der Waals surface area contributed by atoms with Crippen LogP contribution in [0.3, 0.4) is 0 Å². The molecule has 114 valence electrons. The zero-order valence-corrected chi connectivity index (χ0v) is 13.0. The fraction of sp³-hybridized carbons (Fsp3) is 0.938. The number of nitrogens with zero attached hydrogens (tertiary/aromatic N) is 3. The summed E-state index contributed by atoms with van der Waals surface area (Å²) in [5, 5.41) is 0. The second kappa shape index (κ2) is 5.92. The fourth-order valence-corrected chi connectivity index (χ4v) is 4.40. The third kappa shape index (κ3) is 2.54. The summed E-state index contributed by atoms with van der Waals surface area (Å²) in [6.07, 6.45) is 10.6. The predicted octanol–water partition coefficient (Wildman–Crippen LogP) is 2.19. The summed E-state index contributed by atoms with van der Waals surface area (Å²) in [6, 6.07) is 0.650. The first-order chi connectivity index (χ1) is 9.75. The number of piperidine rings is 1. The summed E-state index contributed by atoms with van der Waals surface area (Å²) in [5.41, 5.74) is 6.55. The number of nitrogens with two attached hydrogens (primary N) is 1. The average molecular weight is 278 g/mol. The molecule has 1 aliphatic carbocycles. The van der Waals surface area contributed by atoms with Crippen molar-refractivity contribution in [2.45, 2.75) is 69.9 Å². The van der Waals surface area contributed by atoms with Gasteiger partial charge in [-0.15, -0.1) is 0 Å². The van der Waals surface area contributed by atoms with Gasteiger partial charge in [-0.05, 0) is 32.2 Å². The lowest BCUT2D eigenvalue weighted by Gasteiger charge is -2.48. The second-order valence-corrected chi connectivity index (χ2v) is 6.85. The molecule has 2 heterocycles. The van der Waals surface area contributed by atoms with Crippen molar-refractivity contribution in [2.75, 3.05) is 26.2 Å². The maximum Gasteiger partial charge on any atom is 0.192 e. The van der Waals surface area contributed by atoms with Crippen LogP contribution in [0.4, 0.5) is 0 Å². The molecular formula is C16H30N4. The Hall–Kier alpha value is -0.770. The Morgan fingerprint density at radius 1 is 1.15 bits per heavy atom. The van der Waals surface area contributed by atoms with Gasteiger partial charge in [-0.2, -0.15) is 0 Å². The highest BCUT2D eigenvalue weighted by Crippen LogP contribution is 2.37. The average Bonchev–Trinajstić information content (AvgIpc) is 2.68. The summed E-state index contributed by atoms with van der Waals surface area (Å²) in [4.78, 5) is 9.77. The largest absolute Gasteiger partial charge is 0.370 e.